The number of halogens is 1. The Kier molecular flexibility index (Phi) is 8.72. The van der Waals surface area contributed by atoms with Gasteiger partial charge in [-0.2, -0.15) is 4.98 Å². The molecule has 5 rings (SSSR count). The highest BCUT2D eigenvalue weighted by Crippen LogP contribution is 2.44. The lowest BCUT2D eigenvalue weighted by atomic mass is 9.68. The number of aliphatic carboxylic acids is 1. The van der Waals surface area contributed by atoms with Crippen LogP contribution in [-0.2, 0) is 11.2 Å². The second-order valence-corrected chi connectivity index (χ2v) is 12.8. The Hall–Kier alpha value is -2.64. The summed E-state index contributed by atoms with van der Waals surface area (Å²) >= 11 is 6.58. The molecule has 2 aromatic rings. The number of nitrogens with zero attached hydrogens (tertiary/aromatic N) is 4. The third-order valence-corrected chi connectivity index (χ3v) is 9.65. The number of allylic oxidation sites excluding steroid dienone is 1. The highest BCUT2D eigenvalue weighted by atomic mass is 35.5. The molecule has 1 aromatic carbocycles. The number of anilines is 2. The van der Waals surface area contributed by atoms with Gasteiger partial charge < -0.3 is 15.3 Å². The number of carboxylic acid groups (broad SMARTS) is 1. The monoisotopic (exact) mass is 565 g/mol. The maximum atomic E-state index is 11.3. The number of benzene rings is 1. The van der Waals surface area contributed by atoms with Crippen molar-refractivity contribution in [1.29, 1.82) is 0 Å². The van der Waals surface area contributed by atoms with Crippen LogP contribution in [0.2, 0.25) is 5.02 Å². The number of aromatic nitrogens is 2. The zero-order valence-electron chi connectivity index (χ0n) is 24.4. The molecule has 3 heterocycles. The van der Waals surface area contributed by atoms with E-state index in [1.165, 1.54) is 12.8 Å². The van der Waals surface area contributed by atoms with E-state index < -0.39 is 5.97 Å². The number of aryl methyl sites for hydroxylation is 1. The molecule has 2 aliphatic heterocycles. The number of rotatable bonds is 11. The Morgan fingerprint density at radius 1 is 1.27 bits per heavy atom. The second kappa shape index (κ2) is 12.1. The van der Waals surface area contributed by atoms with Crippen LogP contribution in [0, 0.1) is 18.3 Å². The molecule has 0 saturated carbocycles. The molecule has 2 fully saturated rings. The normalized spacial score (nSPS) is 22.6. The second-order valence-electron chi connectivity index (χ2n) is 12.4. The van der Waals surface area contributed by atoms with Gasteiger partial charge in [-0.15, -0.1) is 0 Å². The molecule has 3 atom stereocenters. The Morgan fingerprint density at radius 3 is 2.80 bits per heavy atom. The van der Waals surface area contributed by atoms with Crippen LogP contribution in [0.25, 0.3) is 6.08 Å². The summed E-state index contributed by atoms with van der Waals surface area (Å²) in [5, 5.41) is 13.7. The number of hydrogen-bond acceptors (Lipinski definition) is 6. The van der Waals surface area contributed by atoms with Crippen LogP contribution in [0.3, 0.4) is 0 Å². The zero-order valence-corrected chi connectivity index (χ0v) is 25.2. The molecule has 0 bridgehead atoms. The number of carboxylic acids is 1. The van der Waals surface area contributed by atoms with E-state index in [1.54, 1.807) is 0 Å². The summed E-state index contributed by atoms with van der Waals surface area (Å²) in [5.41, 5.74) is 4.59. The summed E-state index contributed by atoms with van der Waals surface area (Å²) in [6.45, 7) is 12.9. The Labute approximate surface area is 244 Å². The summed E-state index contributed by atoms with van der Waals surface area (Å²) in [5.74, 6) is 1.57. The smallest absolute Gasteiger partial charge is 0.303 e. The zero-order chi connectivity index (χ0) is 28.4. The molecule has 216 valence electrons. The summed E-state index contributed by atoms with van der Waals surface area (Å²) in [4.78, 5) is 26.2. The highest BCUT2D eigenvalue weighted by molar-refractivity contribution is 6.31. The van der Waals surface area contributed by atoms with Crippen molar-refractivity contribution >= 4 is 35.4 Å². The maximum absolute atomic E-state index is 11.3. The molecular weight excluding hydrogens is 522 g/mol. The van der Waals surface area contributed by atoms with Crippen molar-refractivity contribution in [3.05, 3.63) is 51.7 Å². The van der Waals surface area contributed by atoms with Crippen LogP contribution in [-0.4, -0.2) is 58.2 Å². The van der Waals surface area contributed by atoms with E-state index in [1.807, 2.05) is 6.07 Å². The first-order valence-corrected chi connectivity index (χ1v) is 15.4. The number of piperidine rings is 1. The van der Waals surface area contributed by atoms with E-state index >= 15 is 0 Å². The maximum Gasteiger partial charge on any atom is 0.303 e. The standard InChI is InChI=1S/C32H44ClN5O2/c1-5-8-24(12-14-29(39)40)37-16-7-15-32(4,20-37)23-18-38(19-23)31-35-28-10-6-9-26(28)30(36-31)34-22(3)25-13-11-21(2)17-27(25)33/h6,9,11,13,17,22-24H,5,7-8,10,12,14-16,18-20H2,1-4H3,(H,39,40)(H,34,35,36)/t22-,24+,32+/m1/s1. The topological polar surface area (TPSA) is 81.6 Å². The number of fused-ring (bicyclic) bond motifs is 1. The Bertz CT molecular complexity index is 1260. The SMILES string of the molecule is CCC[C@@H](CCC(=O)O)N1CCC[C@](C)(C2CN(c3nc4c(c(N[C@H](C)c5ccc(C)cc5Cl)n3)C=CC4)C2)C1. The van der Waals surface area contributed by atoms with Gasteiger partial charge in [-0.1, -0.05) is 56.2 Å². The average molecular weight is 566 g/mol. The van der Waals surface area contributed by atoms with Gasteiger partial charge >= 0.3 is 5.97 Å². The van der Waals surface area contributed by atoms with Gasteiger partial charge in [0.1, 0.15) is 5.82 Å². The number of likely N-dealkylation sites (tertiary alicyclic amines) is 1. The van der Waals surface area contributed by atoms with Gasteiger partial charge in [0.2, 0.25) is 5.95 Å². The van der Waals surface area contributed by atoms with Crippen LogP contribution in [0.1, 0.15) is 87.7 Å². The van der Waals surface area contributed by atoms with Gasteiger partial charge in [-0.3, -0.25) is 9.69 Å². The predicted molar refractivity (Wildman–Crippen MR) is 163 cm³/mol. The van der Waals surface area contributed by atoms with Crippen LogP contribution >= 0.6 is 11.6 Å². The fourth-order valence-corrected chi connectivity index (χ4v) is 7.21. The van der Waals surface area contributed by atoms with Crippen molar-refractivity contribution in [3.8, 4) is 0 Å². The summed E-state index contributed by atoms with van der Waals surface area (Å²) in [7, 11) is 0. The molecule has 0 unspecified atom stereocenters. The fourth-order valence-electron chi connectivity index (χ4n) is 6.81. The molecule has 2 N–H and O–H groups in total. The molecule has 0 amide bonds. The van der Waals surface area contributed by atoms with Gasteiger partial charge in [0, 0.05) is 55.0 Å². The van der Waals surface area contributed by atoms with Crippen LogP contribution in [0.15, 0.2) is 24.3 Å². The van der Waals surface area contributed by atoms with E-state index in [0.717, 1.165) is 91.0 Å². The molecule has 0 radical (unpaired) electrons. The minimum atomic E-state index is -0.690. The summed E-state index contributed by atoms with van der Waals surface area (Å²) in [6, 6.07) is 6.58. The fraction of sp³-hybridized carbons (Fsp3) is 0.594. The van der Waals surface area contributed by atoms with Crippen LogP contribution in [0.4, 0.5) is 11.8 Å². The number of carbonyl (C=O) groups is 1. The van der Waals surface area contributed by atoms with Crippen LogP contribution in [0.5, 0.6) is 0 Å². The molecule has 0 spiro atoms. The minimum Gasteiger partial charge on any atom is -0.481 e. The van der Waals surface area contributed by atoms with E-state index in [9.17, 15) is 9.90 Å². The first kappa shape index (κ1) is 28.9. The summed E-state index contributed by atoms with van der Waals surface area (Å²) < 4.78 is 0. The third-order valence-electron chi connectivity index (χ3n) is 9.32. The first-order valence-electron chi connectivity index (χ1n) is 15.0. The largest absolute Gasteiger partial charge is 0.481 e. The van der Waals surface area contributed by atoms with E-state index in [-0.39, 0.29) is 17.9 Å². The van der Waals surface area contributed by atoms with Crippen molar-refractivity contribution < 1.29 is 9.90 Å². The van der Waals surface area contributed by atoms with Gasteiger partial charge in [-0.25, -0.2) is 4.98 Å². The van der Waals surface area contributed by atoms with Crippen molar-refractivity contribution in [2.45, 2.75) is 84.7 Å². The first-order chi connectivity index (χ1) is 19.2. The molecule has 7 nitrogen and oxygen atoms in total. The van der Waals surface area contributed by atoms with Gasteiger partial charge in [0.15, 0.2) is 0 Å². The molecule has 40 heavy (non-hydrogen) atoms. The van der Waals surface area contributed by atoms with E-state index in [2.05, 4.69) is 67.1 Å². The van der Waals surface area contributed by atoms with Crippen molar-refractivity contribution in [2.75, 3.05) is 36.4 Å². The minimum absolute atomic E-state index is 0.0161. The van der Waals surface area contributed by atoms with Crippen molar-refractivity contribution in [2.24, 2.45) is 11.3 Å². The average Bonchev–Trinajstić information content (AvgIpc) is 3.34. The van der Waals surface area contributed by atoms with Crippen molar-refractivity contribution in [1.82, 2.24) is 14.9 Å². The van der Waals surface area contributed by atoms with Crippen molar-refractivity contribution in [3.63, 3.8) is 0 Å². The van der Waals surface area contributed by atoms with E-state index in [0.29, 0.717) is 12.0 Å². The molecular formula is C32H44ClN5O2. The lowest BCUT2D eigenvalue weighted by Gasteiger charge is -2.54. The Balaban J connectivity index is 1.27. The van der Waals surface area contributed by atoms with E-state index in [4.69, 9.17) is 21.6 Å². The molecule has 3 aliphatic rings. The quantitative estimate of drug-likeness (QED) is 0.312. The van der Waals surface area contributed by atoms with Gasteiger partial charge in [0.25, 0.3) is 0 Å². The Morgan fingerprint density at radius 2 is 2.08 bits per heavy atom. The van der Waals surface area contributed by atoms with Gasteiger partial charge in [0.05, 0.1) is 11.7 Å². The van der Waals surface area contributed by atoms with Crippen LogP contribution < -0.4 is 10.2 Å². The highest BCUT2D eigenvalue weighted by Gasteiger charge is 2.46. The van der Waals surface area contributed by atoms with Gasteiger partial charge in [-0.05, 0) is 68.7 Å². The number of hydrogen-bond donors (Lipinski definition) is 2. The predicted octanol–water partition coefficient (Wildman–Crippen LogP) is 6.75. The third kappa shape index (κ3) is 6.15. The molecule has 8 heteroatoms. The molecule has 2 saturated heterocycles. The molecule has 1 aromatic heterocycles. The summed E-state index contributed by atoms with van der Waals surface area (Å²) in [6.07, 6.45) is 10.7. The lowest BCUT2D eigenvalue weighted by Crippen LogP contribution is -2.59. The lowest BCUT2D eigenvalue weighted by molar-refractivity contribution is -0.137. The molecule has 1 aliphatic carbocycles. The number of nitrogens with one attached hydrogen (secondary N) is 1.